The number of nitrogens with one attached hydrogen (secondary N) is 1. The minimum Gasteiger partial charge on any atom is -0.303 e. The van der Waals surface area contributed by atoms with Crippen LogP contribution in [0.25, 0.3) is 0 Å². The lowest BCUT2D eigenvalue weighted by Crippen LogP contribution is -2.21. The van der Waals surface area contributed by atoms with E-state index in [-0.39, 0.29) is 0 Å². The van der Waals surface area contributed by atoms with Gasteiger partial charge < -0.3 is 5.32 Å². The van der Waals surface area contributed by atoms with E-state index < -0.39 is 0 Å². The summed E-state index contributed by atoms with van der Waals surface area (Å²) in [6.07, 6.45) is 2.11. The van der Waals surface area contributed by atoms with Crippen molar-refractivity contribution in [3.63, 3.8) is 0 Å². The molecule has 18 heavy (non-hydrogen) atoms. The number of rotatable bonds is 5. The predicted molar refractivity (Wildman–Crippen MR) is 82.5 cm³/mol. The molecule has 1 heterocycles. The zero-order valence-corrected chi connectivity index (χ0v) is 12.6. The molecule has 2 atom stereocenters. The van der Waals surface area contributed by atoms with Crippen molar-refractivity contribution in [1.29, 1.82) is 0 Å². The second-order valence-electron chi connectivity index (χ2n) is 4.40. The lowest BCUT2D eigenvalue weighted by Gasteiger charge is -2.19. The Labute approximate surface area is 118 Å². The number of hydrogen-bond acceptors (Lipinski definition) is 3. The molecular weight excluding hydrogens is 258 g/mol. The number of hydrogen-bond donors (Lipinski definition) is 1. The van der Waals surface area contributed by atoms with Crippen molar-refractivity contribution in [3.05, 3.63) is 52.2 Å². The van der Waals surface area contributed by atoms with Crippen LogP contribution in [-0.4, -0.2) is 6.26 Å². The van der Waals surface area contributed by atoms with Gasteiger partial charge in [0.15, 0.2) is 0 Å². The van der Waals surface area contributed by atoms with Crippen LogP contribution >= 0.6 is 23.1 Å². The zero-order valence-electron chi connectivity index (χ0n) is 11.0. The van der Waals surface area contributed by atoms with Gasteiger partial charge in [0.1, 0.15) is 0 Å². The smallest absolute Gasteiger partial charge is 0.0391 e. The zero-order chi connectivity index (χ0) is 13.0. The second kappa shape index (κ2) is 6.41. The molecule has 1 N–H and O–H groups in total. The topological polar surface area (TPSA) is 12.0 Å². The molecule has 1 nitrogen and oxygen atoms in total. The molecule has 0 amide bonds. The maximum Gasteiger partial charge on any atom is 0.0391 e. The molecule has 96 valence electrons. The van der Waals surface area contributed by atoms with Gasteiger partial charge in [0.25, 0.3) is 0 Å². The Morgan fingerprint density at radius 2 is 1.78 bits per heavy atom. The van der Waals surface area contributed by atoms with Gasteiger partial charge in [-0.15, -0.1) is 23.1 Å². The SMILES string of the molecule is CSc1ccc(C(C)NC(C)c2cccs2)cc1. The molecule has 0 spiro atoms. The van der Waals surface area contributed by atoms with Gasteiger partial charge in [-0.25, -0.2) is 0 Å². The van der Waals surface area contributed by atoms with Gasteiger partial charge in [0.05, 0.1) is 0 Å². The fourth-order valence-electron chi connectivity index (χ4n) is 1.98. The fraction of sp³-hybridized carbons (Fsp3) is 0.333. The first-order valence-electron chi connectivity index (χ1n) is 6.14. The van der Waals surface area contributed by atoms with Gasteiger partial charge in [-0.1, -0.05) is 18.2 Å². The van der Waals surface area contributed by atoms with E-state index in [2.05, 4.69) is 67.2 Å². The van der Waals surface area contributed by atoms with Crippen molar-refractivity contribution < 1.29 is 0 Å². The molecule has 3 heteroatoms. The van der Waals surface area contributed by atoms with E-state index in [9.17, 15) is 0 Å². The first kappa shape index (κ1) is 13.7. The van der Waals surface area contributed by atoms with E-state index in [1.54, 1.807) is 11.8 Å². The lowest BCUT2D eigenvalue weighted by molar-refractivity contribution is 0.500. The molecule has 0 aliphatic carbocycles. The van der Waals surface area contributed by atoms with E-state index in [1.807, 2.05) is 11.3 Å². The van der Waals surface area contributed by atoms with Crippen LogP contribution in [-0.2, 0) is 0 Å². The molecule has 2 aromatic rings. The quantitative estimate of drug-likeness (QED) is 0.782. The predicted octanol–water partition coefficient (Wildman–Crippen LogP) is 4.88. The highest BCUT2D eigenvalue weighted by Crippen LogP contribution is 2.24. The third-order valence-electron chi connectivity index (χ3n) is 3.09. The van der Waals surface area contributed by atoms with Crippen molar-refractivity contribution in [1.82, 2.24) is 5.32 Å². The Hall–Kier alpha value is -0.770. The number of benzene rings is 1. The summed E-state index contributed by atoms with van der Waals surface area (Å²) in [4.78, 5) is 2.71. The maximum atomic E-state index is 3.64. The Morgan fingerprint density at radius 3 is 2.33 bits per heavy atom. The van der Waals surface area contributed by atoms with Gasteiger partial charge in [0, 0.05) is 21.9 Å². The van der Waals surface area contributed by atoms with Crippen molar-refractivity contribution >= 4 is 23.1 Å². The standard InChI is InChI=1S/C15H19NS2/c1-11(13-6-8-14(17-3)9-7-13)16-12(2)15-5-4-10-18-15/h4-12,16H,1-3H3. The molecule has 0 radical (unpaired) electrons. The molecule has 2 unspecified atom stereocenters. The van der Waals surface area contributed by atoms with Crippen LogP contribution in [0.3, 0.4) is 0 Å². The minimum atomic E-state index is 0.373. The Kier molecular flexibility index (Phi) is 4.87. The van der Waals surface area contributed by atoms with Gasteiger partial charge in [0.2, 0.25) is 0 Å². The summed E-state index contributed by atoms with van der Waals surface area (Å²) in [5, 5.41) is 5.77. The Balaban J connectivity index is 2.00. The van der Waals surface area contributed by atoms with Gasteiger partial charge in [-0.05, 0) is 49.2 Å². The molecule has 0 saturated heterocycles. The van der Waals surface area contributed by atoms with Gasteiger partial charge in [-0.3, -0.25) is 0 Å². The summed E-state index contributed by atoms with van der Waals surface area (Å²) in [6.45, 7) is 4.44. The average Bonchev–Trinajstić information content (AvgIpc) is 2.92. The van der Waals surface area contributed by atoms with Crippen molar-refractivity contribution in [3.8, 4) is 0 Å². The normalized spacial score (nSPS) is 14.4. The fourth-order valence-corrected chi connectivity index (χ4v) is 3.14. The van der Waals surface area contributed by atoms with E-state index in [4.69, 9.17) is 0 Å². The van der Waals surface area contributed by atoms with E-state index in [1.165, 1.54) is 15.3 Å². The molecule has 1 aromatic carbocycles. The van der Waals surface area contributed by atoms with Crippen LogP contribution in [0.1, 0.15) is 36.4 Å². The van der Waals surface area contributed by atoms with E-state index in [0.717, 1.165) is 0 Å². The molecule has 0 aliphatic heterocycles. The summed E-state index contributed by atoms with van der Waals surface area (Å²) in [7, 11) is 0. The van der Waals surface area contributed by atoms with Crippen molar-refractivity contribution in [2.24, 2.45) is 0 Å². The molecular formula is C15H19NS2. The first-order valence-corrected chi connectivity index (χ1v) is 8.24. The van der Waals surface area contributed by atoms with Crippen LogP contribution in [0.5, 0.6) is 0 Å². The average molecular weight is 277 g/mol. The molecule has 0 saturated carbocycles. The molecule has 0 bridgehead atoms. The largest absolute Gasteiger partial charge is 0.303 e. The molecule has 0 fully saturated rings. The lowest BCUT2D eigenvalue weighted by atomic mass is 10.1. The van der Waals surface area contributed by atoms with Crippen molar-refractivity contribution in [2.75, 3.05) is 6.26 Å². The molecule has 0 aliphatic rings. The van der Waals surface area contributed by atoms with Crippen LogP contribution in [0, 0.1) is 0 Å². The van der Waals surface area contributed by atoms with Crippen LogP contribution in [0.4, 0.5) is 0 Å². The summed E-state index contributed by atoms with van der Waals surface area (Å²) in [5.41, 5.74) is 1.34. The Bertz CT molecular complexity index is 462. The number of thiophene rings is 1. The monoisotopic (exact) mass is 277 g/mol. The van der Waals surface area contributed by atoms with E-state index in [0.29, 0.717) is 12.1 Å². The molecule has 2 rings (SSSR count). The van der Waals surface area contributed by atoms with Crippen LogP contribution in [0.2, 0.25) is 0 Å². The molecule has 1 aromatic heterocycles. The first-order chi connectivity index (χ1) is 8.70. The summed E-state index contributed by atoms with van der Waals surface area (Å²) in [6, 6.07) is 13.9. The highest BCUT2D eigenvalue weighted by atomic mass is 32.2. The van der Waals surface area contributed by atoms with Gasteiger partial charge in [-0.2, -0.15) is 0 Å². The highest BCUT2D eigenvalue weighted by molar-refractivity contribution is 7.98. The summed E-state index contributed by atoms with van der Waals surface area (Å²) < 4.78 is 0. The number of thioether (sulfide) groups is 1. The van der Waals surface area contributed by atoms with Crippen LogP contribution in [0.15, 0.2) is 46.7 Å². The summed E-state index contributed by atoms with van der Waals surface area (Å²) >= 11 is 3.59. The van der Waals surface area contributed by atoms with Crippen molar-refractivity contribution in [2.45, 2.75) is 30.8 Å². The van der Waals surface area contributed by atoms with E-state index >= 15 is 0 Å². The summed E-state index contributed by atoms with van der Waals surface area (Å²) in [5.74, 6) is 0. The second-order valence-corrected chi connectivity index (χ2v) is 6.26. The van der Waals surface area contributed by atoms with Crippen LogP contribution < -0.4 is 5.32 Å². The highest BCUT2D eigenvalue weighted by Gasteiger charge is 2.11. The Morgan fingerprint density at radius 1 is 1.06 bits per heavy atom. The maximum absolute atomic E-state index is 3.64. The third kappa shape index (κ3) is 3.37. The van der Waals surface area contributed by atoms with Gasteiger partial charge >= 0.3 is 0 Å². The minimum absolute atomic E-state index is 0.373. The third-order valence-corrected chi connectivity index (χ3v) is 4.88.